The second-order valence-corrected chi connectivity index (χ2v) is 6.24. The van der Waals surface area contributed by atoms with E-state index in [-0.39, 0.29) is 5.56 Å². The Labute approximate surface area is 150 Å². The van der Waals surface area contributed by atoms with Crippen LogP contribution in [0.3, 0.4) is 0 Å². The van der Waals surface area contributed by atoms with Crippen molar-refractivity contribution in [3.8, 4) is 0 Å². The first-order valence-electron chi connectivity index (χ1n) is 8.81. The van der Waals surface area contributed by atoms with E-state index in [4.69, 9.17) is 0 Å². The monoisotopic (exact) mass is 351 g/mol. The van der Waals surface area contributed by atoms with Gasteiger partial charge in [-0.1, -0.05) is 6.92 Å². The molecular formula is C18H21N7O. The van der Waals surface area contributed by atoms with Gasteiger partial charge in [0.15, 0.2) is 5.82 Å². The van der Waals surface area contributed by atoms with Gasteiger partial charge < -0.3 is 15.2 Å². The molecule has 0 aliphatic carbocycles. The predicted molar refractivity (Wildman–Crippen MR) is 102 cm³/mol. The molecule has 0 aromatic carbocycles. The van der Waals surface area contributed by atoms with Gasteiger partial charge in [-0.25, -0.2) is 15.0 Å². The zero-order chi connectivity index (χ0) is 17.9. The number of rotatable bonds is 5. The summed E-state index contributed by atoms with van der Waals surface area (Å²) in [5, 5.41) is 7.58. The minimum absolute atomic E-state index is 0.220. The van der Waals surface area contributed by atoms with Gasteiger partial charge in [-0.05, 0) is 31.5 Å². The van der Waals surface area contributed by atoms with Crippen molar-refractivity contribution in [1.82, 2.24) is 25.3 Å². The number of H-pyrrole nitrogens is 1. The largest absolute Gasteiger partial charge is 0.353 e. The highest BCUT2D eigenvalue weighted by Crippen LogP contribution is 2.32. The van der Waals surface area contributed by atoms with Crippen LogP contribution in [0.5, 0.6) is 0 Å². The van der Waals surface area contributed by atoms with Gasteiger partial charge in [0.05, 0.1) is 22.9 Å². The Morgan fingerprint density at radius 1 is 1.38 bits per heavy atom. The summed E-state index contributed by atoms with van der Waals surface area (Å²) in [4.78, 5) is 29.7. The van der Waals surface area contributed by atoms with E-state index in [1.165, 1.54) is 12.4 Å². The Balaban J connectivity index is 1.73. The van der Waals surface area contributed by atoms with Crippen molar-refractivity contribution >= 4 is 28.2 Å². The van der Waals surface area contributed by atoms with E-state index in [0.717, 1.165) is 37.0 Å². The predicted octanol–water partition coefficient (Wildman–Crippen LogP) is 1.99. The van der Waals surface area contributed by atoms with Gasteiger partial charge in [0.1, 0.15) is 12.0 Å². The summed E-state index contributed by atoms with van der Waals surface area (Å²) < 4.78 is 0. The summed E-state index contributed by atoms with van der Waals surface area (Å²) in [6.07, 6.45) is 7.37. The van der Waals surface area contributed by atoms with Crippen LogP contribution in [0.1, 0.15) is 19.8 Å². The molecule has 8 nitrogen and oxygen atoms in total. The van der Waals surface area contributed by atoms with Crippen LogP contribution in [0.4, 0.5) is 17.2 Å². The lowest BCUT2D eigenvalue weighted by Crippen LogP contribution is -2.41. The molecule has 8 heteroatoms. The molecule has 1 saturated heterocycles. The SMILES string of the molecule is CCNC1CCCN1c1cccnc1Nc1cc(=O)[nH]c2ncncc12. The van der Waals surface area contributed by atoms with Gasteiger partial charge in [-0.15, -0.1) is 0 Å². The summed E-state index contributed by atoms with van der Waals surface area (Å²) >= 11 is 0. The van der Waals surface area contributed by atoms with Crippen molar-refractivity contribution in [1.29, 1.82) is 0 Å². The van der Waals surface area contributed by atoms with Crippen molar-refractivity contribution < 1.29 is 0 Å². The number of fused-ring (bicyclic) bond motifs is 1. The normalized spacial score (nSPS) is 17.0. The highest BCUT2D eigenvalue weighted by molar-refractivity contribution is 5.90. The molecule has 3 aromatic rings. The molecule has 0 radical (unpaired) electrons. The Morgan fingerprint density at radius 2 is 2.31 bits per heavy atom. The zero-order valence-electron chi connectivity index (χ0n) is 14.6. The topological polar surface area (TPSA) is 98.8 Å². The molecule has 3 aromatic heterocycles. The van der Waals surface area contributed by atoms with E-state index in [1.54, 1.807) is 12.4 Å². The average Bonchev–Trinajstić information content (AvgIpc) is 3.10. The number of aromatic amines is 1. The molecule has 0 bridgehead atoms. The van der Waals surface area contributed by atoms with E-state index in [1.807, 2.05) is 6.07 Å². The van der Waals surface area contributed by atoms with Crippen LogP contribution < -0.4 is 21.1 Å². The van der Waals surface area contributed by atoms with Gasteiger partial charge in [0, 0.05) is 25.0 Å². The standard InChI is InChI=1S/C18H21N7O/c1-2-20-15-6-4-8-25(15)14-5-3-7-21-18(14)23-13-9-16(26)24-17-12(13)10-19-11-22-17/h3,5,7,9-11,15,20H,2,4,6,8H2,1H3,(H2,19,21,22,23,24,26). The summed E-state index contributed by atoms with van der Waals surface area (Å²) in [5.74, 6) is 0.716. The Morgan fingerprint density at radius 3 is 3.19 bits per heavy atom. The van der Waals surface area contributed by atoms with Crippen LogP contribution in [-0.4, -0.2) is 39.2 Å². The molecule has 4 heterocycles. The lowest BCUT2D eigenvalue weighted by molar-refractivity contribution is 0.543. The third-order valence-corrected chi connectivity index (χ3v) is 4.56. The first-order valence-corrected chi connectivity index (χ1v) is 8.81. The van der Waals surface area contributed by atoms with Crippen molar-refractivity contribution in [3.05, 3.63) is 47.3 Å². The molecule has 1 fully saturated rings. The molecular weight excluding hydrogens is 330 g/mol. The Kier molecular flexibility index (Phi) is 4.49. The first kappa shape index (κ1) is 16.5. The van der Waals surface area contributed by atoms with Crippen LogP contribution in [0, 0.1) is 0 Å². The number of aromatic nitrogens is 4. The third-order valence-electron chi connectivity index (χ3n) is 4.56. The van der Waals surface area contributed by atoms with Gasteiger partial charge in [0.25, 0.3) is 5.56 Å². The van der Waals surface area contributed by atoms with Gasteiger partial charge in [-0.3, -0.25) is 10.1 Å². The smallest absolute Gasteiger partial charge is 0.251 e. The maximum atomic E-state index is 12.0. The fourth-order valence-corrected chi connectivity index (χ4v) is 3.45. The molecule has 1 aliphatic heterocycles. The molecule has 3 N–H and O–H groups in total. The van der Waals surface area contributed by atoms with E-state index in [9.17, 15) is 4.79 Å². The summed E-state index contributed by atoms with van der Waals surface area (Å²) in [6.45, 7) is 4.00. The van der Waals surface area contributed by atoms with Gasteiger partial charge in [-0.2, -0.15) is 0 Å². The molecule has 1 aliphatic rings. The number of hydrogen-bond donors (Lipinski definition) is 3. The van der Waals surface area contributed by atoms with Crippen LogP contribution in [0.2, 0.25) is 0 Å². The van der Waals surface area contributed by atoms with E-state index in [2.05, 4.69) is 48.5 Å². The highest BCUT2D eigenvalue weighted by Gasteiger charge is 2.26. The molecule has 26 heavy (non-hydrogen) atoms. The number of nitrogens with one attached hydrogen (secondary N) is 3. The fourth-order valence-electron chi connectivity index (χ4n) is 3.45. The Bertz CT molecular complexity index is 971. The lowest BCUT2D eigenvalue weighted by atomic mass is 10.2. The van der Waals surface area contributed by atoms with Crippen LogP contribution in [-0.2, 0) is 0 Å². The van der Waals surface area contributed by atoms with Crippen molar-refractivity contribution in [2.75, 3.05) is 23.3 Å². The van der Waals surface area contributed by atoms with Crippen molar-refractivity contribution in [2.24, 2.45) is 0 Å². The van der Waals surface area contributed by atoms with Crippen LogP contribution >= 0.6 is 0 Å². The average molecular weight is 351 g/mol. The maximum Gasteiger partial charge on any atom is 0.251 e. The molecule has 134 valence electrons. The molecule has 0 spiro atoms. The second kappa shape index (κ2) is 7.09. The van der Waals surface area contributed by atoms with E-state index >= 15 is 0 Å². The van der Waals surface area contributed by atoms with Gasteiger partial charge in [0.2, 0.25) is 0 Å². The maximum absolute atomic E-state index is 12.0. The number of nitrogens with zero attached hydrogens (tertiary/aromatic N) is 4. The van der Waals surface area contributed by atoms with Crippen LogP contribution in [0.25, 0.3) is 11.0 Å². The number of anilines is 3. The molecule has 1 atom stereocenters. The first-order chi connectivity index (χ1) is 12.8. The molecule has 1 unspecified atom stereocenters. The van der Waals surface area contributed by atoms with Crippen molar-refractivity contribution in [3.63, 3.8) is 0 Å². The highest BCUT2D eigenvalue weighted by atomic mass is 16.1. The second-order valence-electron chi connectivity index (χ2n) is 6.24. The minimum atomic E-state index is -0.220. The van der Waals surface area contributed by atoms with E-state index in [0.29, 0.717) is 23.3 Å². The fraction of sp³-hybridized carbons (Fsp3) is 0.333. The summed E-state index contributed by atoms with van der Waals surface area (Å²) in [6, 6.07) is 5.49. The number of pyridine rings is 2. The Hall–Kier alpha value is -3.00. The summed E-state index contributed by atoms with van der Waals surface area (Å²) in [5.41, 5.74) is 1.94. The minimum Gasteiger partial charge on any atom is -0.353 e. The van der Waals surface area contributed by atoms with Crippen LogP contribution in [0.15, 0.2) is 41.7 Å². The van der Waals surface area contributed by atoms with E-state index < -0.39 is 0 Å². The molecule has 4 rings (SSSR count). The summed E-state index contributed by atoms with van der Waals surface area (Å²) in [7, 11) is 0. The molecule has 0 saturated carbocycles. The number of hydrogen-bond acceptors (Lipinski definition) is 7. The quantitative estimate of drug-likeness (QED) is 0.646. The molecule has 0 amide bonds. The van der Waals surface area contributed by atoms with Gasteiger partial charge >= 0.3 is 0 Å². The lowest BCUT2D eigenvalue weighted by Gasteiger charge is -2.28. The van der Waals surface area contributed by atoms with Crippen molar-refractivity contribution in [2.45, 2.75) is 25.9 Å². The zero-order valence-corrected chi connectivity index (χ0v) is 14.6. The third kappa shape index (κ3) is 3.11.